The standard InChI is InChI=1S/C25H21N3O5/c1-16-6-11-23-18(12-16)13-19(24(29)26-23)15-27(20-7-9-22(33-2)10-8-20)25(30)17-4-3-5-21(14-17)28(31)32/h3-14H,15H2,1-2H3,(H,26,29). The van der Waals surface area contributed by atoms with E-state index in [1.807, 2.05) is 25.1 Å². The second kappa shape index (κ2) is 8.96. The summed E-state index contributed by atoms with van der Waals surface area (Å²) in [4.78, 5) is 41.2. The minimum atomic E-state index is -0.551. The Balaban J connectivity index is 1.79. The number of rotatable bonds is 6. The minimum absolute atomic E-state index is 0.0208. The van der Waals surface area contributed by atoms with Gasteiger partial charge >= 0.3 is 0 Å². The maximum absolute atomic E-state index is 13.5. The molecule has 166 valence electrons. The number of aromatic amines is 1. The maximum atomic E-state index is 13.5. The third-order valence-electron chi connectivity index (χ3n) is 5.34. The number of nitro benzene ring substituents is 1. The van der Waals surface area contributed by atoms with E-state index in [1.54, 1.807) is 30.3 Å². The summed E-state index contributed by atoms with van der Waals surface area (Å²) in [6.45, 7) is 1.94. The third-order valence-corrected chi connectivity index (χ3v) is 5.34. The van der Waals surface area contributed by atoms with Crippen molar-refractivity contribution < 1.29 is 14.5 Å². The molecule has 0 unspecified atom stereocenters. The van der Waals surface area contributed by atoms with Crippen molar-refractivity contribution >= 4 is 28.2 Å². The zero-order valence-electron chi connectivity index (χ0n) is 18.1. The first-order valence-corrected chi connectivity index (χ1v) is 10.2. The Kier molecular flexibility index (Phi) is 5.91. The number of non-ortho nitro benzene ring substituents is 1. The average molecular weight is 443 g/mol. The van der Waals surface area contributed by atoms with Gasteiger partial charge in [-0.25, -0.2) is 0 Å². The number of hydrogen-bond acceptors (Lipinski definition) is 5. The topological polar surface area (TPSA) is 106 Å². The first kappa shape index (κ1) is 21.8. The number of carbonyl (C=O) groups excluding carboxylic acids is 1. The number of aryl methyl sites for hydroxylation is 1. The van der Waals surface area contributed by atoms with Crippen molar-refractivity contribution in [1.82, 2.24) is 4.98 Å². The lowest BCUT2D eigenvalue weighted by molar-refractivity contribution is -0.384. The second-order valence-corrected chi connectivity index (χ2v) is 7.61. The van der Waals surface area contributed by atoms with Crippen molar-refractivity contribution in [2.24, 2.45) is 0 Å². The summed E-state index contributed by atoms with van der Waals surface area (Å²) in [7, 11) is 1.54. The van der Waals surface area contributed by atoms with Crippen LogP contribution in [0.1, 0.15) is 21.5 Å². The van der Waals surface area contributed by atoms with Gasteiger partial charge in [0.05, 0.1) is 18.6 Å². The SMILES string of the molecule is COc1ccc(N(Cc2cc3cc(C)ccc3[nH]c2=O)C(=O)c2cccc([N+](=O)[O-])c2)cc1. The summed E-state index contributed by atoms with van der Waals surface area (Å²) in [6.07, 6.45) is 0. The van der Waals surface area contributed by atoms with Crippen molar-refractivity contribution in [3.05, 3.63) is 110 Å². The number of aromatic nitrogens is 1. The number of benzene rings is 3. The number of nitrogens with zero attached hydrogens (tertiary/aromatic N) is 2. The number of fused-ring (bicyclic) bond motifs is 1. The Morgan fingerprint density at radius 3 is 2.52 bits per heavy atom. The zero-order valence-corrected chi connectivity index (χ0v) is 18.1. The molecule has 4 rings (SSSR count). The fourth-order valence-corrected chi connectivity index (χ4v) is 3.61. The molecule has 0 fully saturated rings. The largest absolute Gasteiger partial charge is 0.497 e. The van der Waals surface area contributed by atoms with Crippen LogP contribution in [0.4, 0.5) is 11.4 Å². The average Bonchev–Trinajstić information content (AvgIpc) is 2.82. The van der Waals surface area contributed by atoms with Crippen LogP contribution in [0.15, 0.2) is 77.6 Å². The number of amides is 1. The van der Waals surface area contributed by atoms with E-state index >= 15 is 0 Å². The molecular formula is C25H21N3O5. The zero-order chi connectivity index (χ0) is 23.5. The summed E-state index contributed by atoms with van der Waals surface area (Å²) in [5, 5.41) is 12.0. The molecule has 0 aliphatic carbocycles. The van der Waals surface area contributed by atoms with Crippen LogP contribution >= 0.6 is 0 Å². The van der Waals surface area contributed by atoms with E-state index in [9.17, 15) is 19.7 Å². The van der Waals surface area contributed by atoms with Crippen LogP contribution in [0.2, 0.25) is 0 Å². The first-order valence-electron chi connectivity index (χ1n) is 10.2. The number of ether oxygens (including phenoxy) is 1. The molecule has 0 spiro atoms. The van der Waals surface area contributed by atoms with Gasteiger partial charge in [-0.2, -0.15) is 0 Å². The molecule has 1 heterocycles. The van der Waals surface area contributed by atoms with Crippen molar-refractivity contribution in [2.75, 3.05) is 12.0 Å². The van der Waals surface area contributed by atoms with Gasteiger partial charge in [0, 0.05) is 34.5 Å². The van der Waals surface area contributed by atoms with Crippen LogP contribution in [0.5, 0.6) is 5.75 Å². The Bertz CT molecular complexity index is 1410. The Hall–Kier alpha value is -4.46. The number of carbonyl (C=O) groups is 1. The molecule has 0 aliphatic rings. The molecule has 1 aromatic heterocycles. The van der Waals surface area contributed by atoms with Crippen molar-refractivity contribution in [1.29, 1.82) is 0 Å². The van der Waals surface area contributed by atoms with Crippen molar-refractivity contribution in [3.8, 4) is 5.75 Å². The number of nitro groups is 1. The van der Waals surface area contributed by atoms with Crippen LogP contribution in [-0.4, -0.2) is 22.9 Å². The fraction of sp³-hybridized carbons (Fsp3) is 0.120. The van der Waals surface area contributed by atoms with Gasteiger partial charge in [-0.15, -0.1) is 0 Å². The highest BCUT2D eigenvalue weighted by atomic mass is 16.6. The molecule has 0 aliphatic heterocycles. The first-order chi connectivity index (χ1) is 15.9. The van der Waals surface area contributed by atoms with Crippen LogP contribution in [0.3, 0.4) is 0 Å². The Labute approximate surface area is 189 Å². The van der Waals surface area contributed by atoms with Gasteiger partial charge in [0.2, 0.25) is 0 Å². The highest BCUT2D eigenvalue weighted by Gasteiger charge is 2.22. The highest BCUT2D eigenvalue weighted by molar-refractivity contribution is 6.06. The summed E-state index contributed by atoms with van der Waals surface area (Å²) in [5.41, 5.74) is 2.31. The Morgan fingerprint density at radius 1 is 1.06 bits per heavy atom. The molecule has 0 atom stereocenters. The molecular weight excluding hydrogens is 422 g/mol. The van der Waals surface area contributed by atoms with Crippen LogP contribution in [-0.2, 0) is 6.54 Å². The molecule has 8 heteroatoms. The number of pyridine rings is 1. The minimum Gasteiger partial charge on any atom is -0.497 e. The lowest BCUT2D eigenvalue weighted by Gasteiger charge is -2.23. The monoisotopic (exact) mass is 443 g/mol. The normalized spacial score (nSPS) is 10.7. The third kappa shape index (κ3) is 4.59. The number of anilines is 1. The molecule has 0 bridgehead atoms. The lowest BCUT2D eigenvalue weighted by atomic mass is 10.1. The van der Waals surface area contributed by atoms with E-state index in [4.69, 9.17) is 4.74 Å². The number of methoxy groups -OCH3 is 1. The highest BCUT2D eigenvalue weighted by Crippen LogP contribution is 2.25. The molecule has 3 aromatic carbocycles. The molecule has 0 saturated carbocycles. The van der Waals surface area contributed by atoms with Gasteiger partial charge in [-0.3, -0.25) is 19.7 Å². The summed E-state index contributed by atoms with van der Waals surface area (Å²) < 4.78 is 5.20. The van der Waals surface area contributed by atoms with Gasteiger partial charge in [-0.1, -0.05) is 17.7 Å². The summed E-state index contributed by atoms with van der Waals surface area (Å²) >= 11 is 0. The quantitative estimate of drug-likeness (QED) is 0.346. The molecule has 0 saturated heterocycles. The number of nitrogens with one attached hydrogen (secondary N) is 1. The van der Waals surface area contributed by atoms with E-state index in [2.05, 4.69) is 4.98 Å². The predicted molar refractivity (Wildman–Crippen MR) is 126 cm³/mol. The van der Waals surface area contributed by atoms with E-state index in [1.165, 1.54) is 36.3 Å². The van der Waals surface area contributed by atoms with Gasteiger partial charge in [-0.05, 0) is 60.8 Å². The molecule has 8 nitrogen and oxygen atoms in total. The molecule has 0 radical (unpaired) electrons. The van der Waals surface area contributed by atoms with Crippen LogP contribution in [0, 0.1) is 17.0 Å². The number of hydrogen-bond donors (Lipinski definition) is 1. The molecule has 33 heavy (non-hydrogen) atoms. The maximum Gasteiger partial charge on any atom is 0.270 e. The van der Waals surface area contributed by atoms with Gasteiger partial charge in [0.15, 0.2) is 0 Å². The fourth-order valence-electron chi connectivity index (χ4n) is 3.61. The second-order valence-electron chi connectivity index (χ2n) is 7.61. The van der Waals surface area contributed by atoms with E-state index in [0.717, 1.165) is 10.9 Å². The molecule has 1 amide bonds. The molecule has 1 N–H and O–H groups in total. The lowest BCUT2D eigenvalue weighted by Crippen LogP contribution is -2.33. The Morgan fingerprint density at radius 2 is 1.82 bits per heavy atom. The van der Waals surface area contributed by atoms with E-state index < -0.39 is 10.8 Å². The van der Waals surface area contributed by atoms with Gasteiger partial charge < -0.3 is 14.6 Å². The predicted octanol–water partition coefficient (Wildman–Crippen LogP) is 4.60. The van der Waals surface area contributed by atoms with Crippen molar-refractivity contribution in [3.63, 3.8) is 0 Å². The smallest absolute Gasteiger partial charge is 0.270 e. The molecule has 4 aromatic rings. The van der Waals surface area contributed by atoms with Gasteiger partial charge in [0.1, 0.15) is 5.75 Å². The number of H-pyrrole nitrogens is 1. The van der Waals surface area contributed by atoms with Gasteiger partial charge in [0.25, 0.3) is 17.2 Å². The van der Waals surface area contributed by atoms with Crippen LogP contribution < -0.4 is 15.2 Å². The van der Waals surface area contributed by atoms with E-state index in [0.29, 0.717) is 22.5 Å². The summed E-state index contributed by atoms with van der Waals surface area (Å²) in [5.74, 6) is 0.146. The summed E-state index contributed by atoms with van der Waals surface area (Å²) in [6, 6.07) is 19.8. The van der Waals surface area contributed by atoms with E-state index in [-0.39, 0.29) is 23.4 Å². The van der Waals surface area contributed by atoms with Crippen molar-refractivity contribution in [2.45, 2.75) is 13.5 Å². The van der Waals surface area contributed by atoms with Crippen LogP contribution in [0.25, 0.3) is 10.9 Å².